The highest BCUT2D eigenvalue weighted by molar-refractivity contribution is 5.74. The quantitative estimate of drug-likeness (QED) is 0.874. The van der Waals surface area contributed by atoms with Gasteiger partial charge in [0.2, 0.25) is 5.91 Å². The lowest BCUT2D eigenvalue weighted by Gasteiger charge is -2.27. The Morgan fingerprint density at radius 3 is 2.45 bits per heavy atom. The summed E-state index contributed by atoms with van der Waals surface area (Å²) in [6.07, 6.45) is 3.86. The Morgan fingerprint density at radius 1 is 1.20 bits per heavy atom. The smallest absolute Gasteiger partial charge is 0.219 e. The molecule has 1 heterocycles. The highest BCUT2D eigenvalue weighted by Gasteiger charge is 2.19. The van der Waals surface area contributed by atoms with Gasteiger partial charge in [0.1, 0.15) is 0 Å². The van der Waals surface area contributed by atoms with Crippen LogP contribution < -0.4 is 5.73 Å². The van der Waals surface area contributed by atoms with Crippen molar-refractivity contribution < 1.29 is 4.79 Å². The zero-order valence-electron chi connectivity index (χ0n) is 11.6. The summed E-state index contributed by atoms with van der Waals surface area (Å²) in [6, 6.07) is 13.9. The number of benzene rings is 1. The lowest BCUT2D eigenvalue weighted by Crippen LogP contribution is -2.28. The molecule has 0 spiro atoms. The highest BCUT2D eigenvalue weighted by atomic mass is 16.1. The summed E-state index contributed by atoms with van der Waals surface area (Å²) in [5.41, 5.74) is 7.65. The van der Waals surface area contributed by atoms with E-state index in [4.69, 9.17) is 5.73 Å². The molecule has 1 unspecified atom stereocenters. The molecule has 20 heavy (non-hydrogen) atoms. The van der Waals surface area contributed by atoms with Crippen molar-refractivity contribution in [1.82, 2.24) is 9.88 Å². The van der Waals surface area contributed by atoms with Gasteiger partial charge in [-0.3, -0.25) is 14.7 Å². The van der Waals surface area contributed by atoms with Crippen molar-refractivity contribution in [2.24, 2.45) is 5.73 Å². The summed E-state index contributed by atoms with van der Waals surface area (Å²) in [6.45, 7) is 0.745. The summed E-state index contributed by atoms with van der Waals surface area (Å²) in [5.74, 6) is -0.291. The predicted octanol–water partition coefficient (Wildman–Crippen LogP) is 2.13. The number of pyridine rings is 1. The SMILES string of the molecule is CN(Cc1ccncc1)C(CC(N)=O)c1ccccc1. The first-order chi connectivity index (χ1) is 9.66. The molecule has 1 atom stereocenters. The molecule has 1 amide bonds. The van der Waals surface area contributed by atoms with E-state index in [-0.39, 0.29) is 11.9 Å². The van der Waals surface area contributed by atoms with Gasteiger partial charge in [-0.05, 0) is 30.3 Å². The van der Waals surface area contributed by atoms with Gasteiger partial charge >= 0.3 is 0 Å². The molecule has 0 fully saturated rings. The Bertz CT molecular complexity index is 542. The maximum atomic E-state index is 11.3. The summed E-state index contributed by atoms with van der Waals surface area (Å²) >= 11 is 0. The van der Waals surface area contributed by atoms with Gasteiger partial charge in [0.05, 0.1) is 0 Å². The lowest BCUT2D eigenvalue weighted by atomic mass is 10.0. The maximum Gasteiger partial charge on any atom is 0.219 e. The molecule has 0 radical (unpaired) electrons. The molecule has 2 aromatic rings. The normalized spacial score (nSPS) is 12.3. The van der Waals surface area contributed by atoms with Crippen molar-refractivity contribution in [3.05, 3.63) is 66.0 Å². The van der Waals surface area contributed by atoms with Crippen LogP contribution in [0.25, 0.3) is 0 Å². The molecule has 0 aliphatic carbocycles. The fraction of sp³-hybridized carbons (Fsp3) is 0.250. The first-order valence-electron chi connectivity index (χ1n) is 6.59. The number of carbonyl (C=O) groups excluding carboxylic acids is 1. The predicted molar refractivity (Wildman–Crippen MR) is 78.7 cm³/mol. The Kier molecular flexibility index (Phi) is 4.85. The van der Waals surface area contributed by atoms with Crippen LogP contribution in [0.3, 0.4) is 0 Å². The molecule has 1 aromatic carbocycles. The molecule has 0 saturated heterocycles. The number of aromatic nitrogens is 1. The number of primary amides is 1. The molecule has 0 aliphatic rings. The number of hydrogen-bond donors (Lipinski definition) is 1. The summed E-state index contributed by atoms with van der Waals surface area (Å²) in [5, 5.41) is 0. The summed E-state index contributed by atoms with van der Waals surface area (Å²) < 4.78 is 0. The highest BCUT2D eigenvalue weighted by Crippen LogP contribution is 2.24. The van der Waals surface area contributed by atoms with Crippen LogP contribution in [-0.2, 0) is 11.3 Å². The van der Waals surface area contributed by atoms with Crippen LogP contribution in [0.15, 0.2) is 54.9 Å². The Labute approximate surface area is 119 Å². The van der Waals surface area contributed by atoms with Gasteiger partial charge in [0.25, 0.3) is 0 Å². The van der Waals surface area contributed by atoms with E-state index in [1.54, 1.807) is 12.4 Å². The second-order valence-electron chi connectivity index (χ2n) is 4.87. The molecule has 1 aromatic heterocycles. The van der Waals surface area contributed by atoms with E-state index in [0.717, 1.165) is 17.7 Å². The monoisotopic (exact) mass is 269 g/mol. The average molecular weight is 269 g/mol. The minimum atomic E-state index is -0.291. The third-order valence-corrected chi connectivity index (χ3v) is 3.29. The minimum absolute atomic E-state index is 0.0122. The Balaban J connectivity index is 2.16. The second kappa shape index (κ2) is 6.82. The molecule has 104 valence electrons. The Hall–Kier alpha value is -2.20. The van der Waals surface area contributed by atoms with Crippen LogP contribution in [-0.4, -0.2) is 22.8 Å². The summed E-state index contributed by atoms with van der Waals surface area (Å²) in [4.78, 5) is 17.5. The van der Waals surface area contributed by atoms with E-state index in [1.807, 2.05) is 49.5 Å². The third kappa shape index (κ3) is 3.90. The van der Waals surface area contributed by atoms with Crippen molar-refractivity contribution in [3.63, 3.8) is 0 Å². The zero-order valence-corrected chi connectivity index (χ0v) is 11.6. The van der Waals surface area contributed by atoms with Gasteiger partial charge in [0.15, 0.2) is 0 Å². The number of nitrogens with two attached hydrogens (primary N) is 1. The topological polar surface area (TPSA) is 59.2 Å². The van der Waals surface area contributed by atoms with Gasteiger partial charge < -0.3 is 5.73 Å². The van der Waals surface area contributed by atoms with Crippen molar-refractivity contribution in [3.8, 4) is 0 Å². The van der Waals surface area contributed by atoms with Crippen molar-refractivity contribution in [2.75, 3.05) is 7.05 Å². The largest absolute Gasteiger partial charge is 0.370 e. The molecular formula is C16H19N3O. The molecule has 4 nitrogen and oxygen atoms in total. The number of hydrogen-bond acceptors (Lipinski definition) is 3. The number of amides is 1. The van der Waals surface area contributed by atoms with E-state index < -0.39 is 0 Å². The molecule has 0 saturated carbocycles. The molecule has 4 heteroatoms. The molecular weight excluding hydrogens is 250 g/mol. The van der Waals surface area contributed by atoms with Gasteiger partial charge in [0, 0.05) is 31.4 Å². The van der Waals surface area contributed by atoms with Gasteiger partial charge in [-0.2, -0.15) is 0 Å². The molecule has 2 rings (SSSR count). The molecule has 2 N–H and O–H groups in total. The number of rotatable bonds is 6. The van der Waals surface area contributed by atoms with Gasteiger partial charge in [-0.15, -0.1) is 0 Å². The Morgan fingerprint density at radius 2 is 1.85 bits per heavy atom. The zero-order chi connectivity index (χ0) is 14.4. The van der Waals surface area contributed by atoms with E-state index in [0.29, 0.717) is 6.42 Å². The average Bonchev–Trinajstić information content (AvgIpc) is 2.46. The minimum Gasteiger partial charge on any atom is -0.370 e. The fourth-order valence-corrected chi connectivity index (χ4v) is 2.28. The first-order valence-corrected chi connectivity index (χ1v) is 6.59. The maximum absolute atomic E-state index is 11.3. The van der Waals surface area contributed by atoms with Crippen molar-refractivity contribution >= 4 is 5.91 Å². The number of nitrogens with zero attached hydrogens (tertiary/aromatic N) is 2. The van der Waals surface area contributed by atoms with Crippen LogP contribution in [0.5, 0.6) is 0 Å². The fourth-order valence-electron chi connectivity index (χ4n) is 2.28. The molecule has 0 bridgehead atoms. The standard InChI is InChI=1S/C16H19N3O/c1-19(12-13-7-9-18-10-8-13)15(11-16(17)20)14-5-3-2-4-6-14/h2-10,15H,11-12H2,1H3,(H2,17,20). The van der Waals surface area contributed by atoms with Crippen molar-refractivity contribution in [1.29, 1.82) is 0 Å². The van der Waals surface area contributed by atoms with Crippen LogP contribution in [0.4, 0.5) is 0 Å². The van der Waals surface area contributed by atoms with Crippen LogP contribution in [0.1, 0.15) is 23.6 Å². The van der Waals surface area contributed by atoms with Gasteiger partial charge in [-0.1, -0.05) is 30.3 Å². The van der Waals surface area contributed by atoms with Gasteiger partial charge in [-0.25, -0.2) is 0 Å². The van der Waals surface area contributed by atoms with E-state index >= 15 is 0 Å². The van der Waals surface area contributed by atoms with Crippen LogP contribution in [0, 0.1) is 0 Å². The van der Waals surface area contributed by atoms with Crippen LogP contribution in [0.2, 0.25) is 0 Å². The number of carbonyl (C=O) groups is 1. The van der Waals surface area contributed by atoms with Crippen molar-refractivity contribution in [2.45, 2.75) is 19.0 Å². The van der Waals surface area contributed by atoms with E-state index in [1.165, 1.54) is 0 Å². The first kappa shape index (κ1) is 14.2. The van der Waals surface area contributed by atoms with E-state index in [2.05, 4.69) is 9.88 Å². The second-order valence-corrected chi connectivity index (χ2v) is 4.87. The summed E-state index contributed by atoms with van der Waals surface area (Å²) in [7, 11) is 2.00. The third-order valence-electron chi connectivity index (χ3n) is 3.29. The van der Waals surface area contributed by atoms with Crippen LogP contribution >= 0.6 is 0 Å². The lowest BCUT2D eigenvalue weighted by molar-refractivity contribution is -0.119. The molecule has 0 aliphatic heterocycles. The van der Waals surface area contributed by atoms with E-state index in [9.17, 15) is 4.79 Å².